The number of benzene rings is 2. The van der Waals surface area contributed by atoms with Crippen molar-refractivity contribution in [1.29, 1.82) is 0 Å². The van der Waals surface area contributed by atoms with Crippen LogP contribution in [0.4, 0.5) is 0 Å². The van der Waals surface area contributed by atoms with Gasteiger partial charge in [-0.3, -0.25) is 0 Å². The second-order valence-electron chi connectivity index (χ2n) is 4.10. The van der Waals surface area contributed by atoms with Gasteiger partial charge in [-0.15, -0.1) is 0 Å². The van der Waals surface area contributed by atoms with Gasteiger partial charge >= 0.3 is 5.97 Å². The normalized spacial score (nSPS) is 10.6. The van der Waals surface area contributed by atoms with Crippen LogP contribution in [0.2, 0.25) is 5.02 Å². The molecule has 0 heterocycles. The summed E-state index contributed by atoms with van der Waals surface area (Å²) in [5.74, 6) is -0.0867. The number of rotatable bonds is 3. The van der Waals surface area contributed by atoms with Crippen molar-refractivity contribution in [3.63, 3.8) is 0 Å². The molecule has 0 saturated heterocycles. The molecule has 0 amide bonds. The number of carbonyl (C=O) groups is 1. The number of ether oxygens (including phenoxy) is 1. The number of halogens is 1. The third-order valence-corrected chi connectivity index (χ3v) is 2.85. The van der Waals surface area contributed by atoms with E-state index in [-0.39, 0.29) is 0 Å². The van der Waals surface area contributed by atoms with Crippen molar-refractivity contribution in [2.24, 2.45) is 0 Å². The van der Waals surface area contributed by atoms with Crippen LogP contribution in [0.25, 0.3) is 6.08 Å². The molecule has 2 aromatic carbocycles. The molecule has 2 nitrogen and oxygen atoms in total. The minimum Gasteiger partial charge on any atom is -0.422 e. The molecule has 3 heteroatoms. The van der Waals surface area contributed by atoms with Gasteiger partial charge in [-0.05, 0) is 30.7 Å². The molecule has 0 aromatic heterocycles. The summed E-state index contributed by atoms with van der Waals surface area (Å²) in [4.78, 5) is 11.6. The van der Waals surface area contributed by atoms with Crippen molar-refractivity contribution < 1.29 is 9.53 Å². The molecule has 0 saturated carbocycles. The van der Waals surface area contributed by atoms with Crippen molar-refractivity contribution in [2.45, 2.75) is 6.92 Å². The smallest absolute Gasteiger partial charge is 0.336 e. The topological polar surface area (TPSA) is 26.3 Å². The molecule has 0 spiro atoms. The van der Waals surface area contributed by atoms with Crippen molar-refractivity contribution in [2.75, 3.05) is 0 Å². The Labute approximate surface area is 117 Å². The Balaban J connectivity index is 2.02. The standard InChI is InChI=1S/C16H13ClO2/c1-12-6-8-13(9-7-12)10-11-16(18)19-15-5-3-2-4-14(15)17/h2-11H,1H3/b11-10+. The van der Waals surface area contributed by atoms with Crippen LogP contribution in [-0.2, 0) is 4.79 Å². The molecule has 2 aromatic rings. The number of hydrogen-bond acceptors (Lipinski definition) is 2. The van der Waals surface area contributed by atoms with E-state index >= 15 is 0 Å². The van der Waals surface area contributed by atoms with Gasteiger partial charge < -0.3 is 4.74 Å². The van der Waals surface area contributed by atoms with Gasteiger partial charge in [-0.1, -0.05) is 53.6 Å². The van der Waals surface area contributed by atoms with Crippen LogP contribution in [0, 0.1) is 6.92 Å². The monoisotopic (exact) mass is 272 g/mol. The highest BCUT2D eigenvalue weighted by atomic mass is 35.5. The van der Waals surface area contributed by atoms with E-state index in [0.29, 0.717) is 10.8 Å². The lowest BCUT2D eigenvalue weighted by Gasteiger charge is -2.02. The molecule has 0 atom stereocenters. The minimum atomic E-state index is -0.450. The van der Waals surface area contributed by atoms with Gasteiger partial charge in [0.05, 0.1) is 5.02 Å². The van der Waals surface area contributed by atoms with Gasteiger partial charge in [0.1, 0.15) is 5.75 Å². The fraction of sp³-hybridized carbons (Fsp3) is 0.0625. The second-order valence-corrected chi connectivity index (χ2v) is 4.50. The Morgan fingerprint density at radius 1 is 1.11 bits per heavy atom. The van der Waals surface area contributed by atoms with Crippen LogP contribution in [0.5, 0.6) is 5.75 Å². The summed E-state index contributed by atoms with van der Waals surface area (Å²) in [7, 11) is 0. The van der Waals surface area contributed by atoms with Crippen molar-refractivity contribution >= 4 is 23.6 Å². The summed E-state index contributed by atoms with van der Waals surface area (Å²) >= 11 is 5.90. The predicted octanol–water partition coefficient (Wildman–Crippen LogP) is 4.27. The molecule has 96 valence electrons. The Hall–Kier alpha value is -2.06. The maximum absolute atomic E-state index is 11.6. The Morgan fingerprint density at radius 2 is 1.79 bits per heavy atom. The van der Waals surface area contributed by atoms with Gasteiger partial charge in [0.25, 0.3) is 0 Å². The summed E-state index contributed by atoms with van der Waals surface area (Å²) in [5, 5.41) is 0.416. The number of aryl methyl sites for hydroxylation is 1. The van der Waals surface area contributed by atoms with Crippen molar-refractivity contribution in [3.8, 4) is 5.75 Å². The zero-order chi connectivity index (χ0) is 13.7. The lowest BCUT2D eigenvalue weighted by Crippen LogP contribution is -2.03. The predicted molar refractivity (Wildman–Crippen MR) is 77.3 cm³/mol. The number of para-hydroxylation sites is 1. The molecule has 0 unspecified atom stereocenters. The third kappa shape index (κ3) is 3.97. The lowest BCUT2D eigenvalue weighted by molar-refractivity contribution is -0.128. The van der Waals surface area contributed by atoms with E-state index in [9.17, 15) is 4.79 Å². The highest BCUT2D eigenvalue weighted by molar-refractivity contribution is 6.32. The van der Waals surface area contributed by atoms with Crippen LogP contribution in [0.15, 0.2) is 54.6 Å². The quantitative estimate of drug-likeness (QED) is 0.474. The van der Waals surface area contributed by atoms with Gasteiger partial charge in [-0.25, -0.2) is 4.79 Å². The van der Waals surface area contributed by atoms with Gasteiger partial charge in [0.15, 0.2) is 0 Å². The van der Waals surface area contributed by atoms with Crippen LogP contribution < -0.4 is 4.74 Å². The van der Waals surface area contributed by atoms with Crippen molar-refractivity contribution in [1.82, 2.24) is 0 Å². The molecule has 0 bridgehead atoms. The average molecular weight is 273 g/mol. The molecular formula is C16H13ClO2. The zero-order valence-electron chi connectivity index (χ0n) is 10.5. The van der Waals surface area contributed by atoms with Crippen LogP contribution in [0.1, 0.15) is 11.1 Å². The molecule has 0 aliphatic carbocycles. The van der Waals surface area contributed by atoms with E-state index in [1.165, 1.54) is 11.6 Å². The fourth-order valence-corrected chi connectivity index (χ4v) is 1.69. The number of esters is 1. The van der Waals surface area contributed by atoms with Crippen molar-refractivity contribution in [3.05, 3.63) is 70.8 Å². The molecule has 0 aliphatic rings. The SMILES string of the molecule is Cc1ccc(/C=C/C(=O)Oc2ccccc2Cl)cc1. The van der Waals surface area contributed by atoms with E-state index in [4.69, 9.17) is 16.3 Å². The first kappa shape index (κ1) is 13.4. The molecule has 19 heavy (non-hydrogen) atoms. The van der Waals surface area contributed by atoms with Gasteiger partial charge in [0.2, 0.25) is 0 Å². The second kappa shape index (κ2) is 6.21. The summed E-state index contributed by atoms with van der Waals surface area (Å²) in [6.07, 6.45) is 3.09. The van der Waals surface area contributed by atoms with Crippen LogP contribution >= 0.6 is 11.6 Å². The fourth-order valence-electron chi connectivity index (χ4n) is 1.51. The molecule has 2 rings (SSSR count). The highest BCUT2D eigenvalue weighted by Gasteiger charge is 2.03. The number of hydrogen-bond donors (Lipinski definition) is 0. The van der Waals surface area contributed by atoms with Crippen LogP contribution in [0.3, 0.4) is 0 Å². The maximum atomic E-state index is 11.6. The van der Waals surface area contributed by atoms with E-state index in [2.05, 4.69) is 0 Å². The summed E-state index contributed by atoms with van der Waals surface area (Å²) in [6, 6.07) is 14.7. The Morgan fingerprint density at radius 3 is 2.47 bits per heavy atom. The molecule has 0 radical (unpaired) electrons. The first-order valence-corrected chi connectivity index (χ1v) is 6.24. The first-order valence-electron chi connectivity index (χ1n) is 5.86. The summed E-state index contributed by atoms with van der Waals surface area (Å²) < 4.78 is 5.13. The third-order valence-electron chi connectivity index (χ3n) is 2.54. The molecule has 0 fully saturated rings. The van der Waals surface area contributed by atoms with E-state index in [1.54, 1.807) is 30.3 Å². The average Bonchev–Trinajstić information content (AvgIpc) is 2.41. The number of carbonyl (C=O) groups excluding carboxylic acids is 1. The lowest BCUT2D eigenvalue weighted by atomic mass is 10.1. The minimum absolute atomic E-state index is 0.364. The molecule has 0 N–H and O–H groups in total. The Kier molecular flexibility index (Phi) is 4.37. The van der Waals surface area contributed by atoms with Gasteiger partial charge in [0, 0.05) is 6.08 Å². The van der Waals surface area contributed by atoms with E-state index in [0.717, 1.165) is 5.56 Å². The van der Waals surface area contributed by atoms with Gasteiger partial charge in [-0.2, -0.15) is 0 Å². The largest absolute Gasteiger partial charge is 0.422 e. The zero-order valence-corrected chi connectivity index (χ0v) is 11.2. The van der Waals surface area contributed by atoms with Crippen LogP contribution in [-0.4, -0.2) is 5.97 Å². The first-order chi connectivity index (χ1) is 9.15. The Bertz CT molecular complexity index is 600. The molecule has 0 aliphatic heterocycles. The highest BCUT2D eigenvalue weighted by Crippen LogP contribution is 2.23. The van der Waals surface area contributed by atoms with E-state index in [1.807, 2.05) is 31.2 Å². The summed E-state index contributed by atoms with van der Waals surface area (Å²) in [6.45, 7) is 2.01. The molecular weight excluding hydrogens is 260 g/mol. The van der Waals surface area contributed by atoms with E-state index < -0.39 is 5.97 Å². The maximum Gasteiger partial charge on any atom is 0.336 e. The summed E-state index contributed by atoms with van der Waals surface area (Å²) in [5.41, 5.74) is 2.12.